The third-order valence-electron chi connectivity index (χ3n) is 7.24. The molecule has 4 aromatic rings. The number of nitrogens with zero attached hydrogens (tertiary/aromatic N) is 3. The highest BCUT2D eigenvalue weighted by Gasteiger charge is 2.36. The normalized spacial score (nSPS) is 14.9. The Labute approximate surface area is 246 Å². The molecule has 0 saturated heterocycles. The molecular formula is C32H31N3O6S. The second-order valence-corrected chi connectivity index (χ2v) is 10.7. The molecule has 3 aromatic carbocycles. The molecule has 0 fully saturated rings. The van der Waals surface area contributed by atoms with Crippen molar-refractivity contribution in [2.45, 2.75) is 26.8 Å². The lowest BCUT2D eigenvalue weighted by atomic mass is 9.90. The van der Waals surface area contributed by atoms with E-state index in [4.69, 9.17) is 19.6 Å². The monoisotopic (exact) mass is 585 g/mol. The summed E-state index contributed by atoms with van der Waals surface area (Å²) < 4.78 is 13.2. The Morgan fingerprint density at radius 1 is 1.10 bits per heavy atom. The number of aliphatic carboxylic acids is 1. The zero-order valence-corrected chi connectivity index (χ0v) is 24.6. The van der Waals surface area contributed by atoms with Crippen molar-refractivity contribution < 1.29 is 24.2 Å². The van der Waals surface area contributed by atoms with Crippen molar-refractivity contribution in [2.24, 2.45) is 4.99 Å². The average molecular weight is 586 g/mol. The van der Waals surface area contributed by atoms with Gasteiger partial charge in [-0.05, 0) is 61.4 Å². The van der Waals surface area contributed by atoms with Crippen molar-refractivity contribution in [3.05, 3.63) is 103 Å². The first-order valence-electron chi connectivity index (χ1n) is 13.6. The predicted octanol–water partition coefficient (Wildman–Crippen LogP) is 3.73. The molecule has 1 aliphatic heterocycles. The third kappa shape index (κ3) is 5.33. The van der Waals surface area contributed by atoms with Crippen LogP contribution in [0.15, 0.2) is 81.7 Å². The molecule has 5 rings (SSSR count). The Balaban J connectivity index is 1.77. The Hall–Kier alpha value is -4.70. The number of carbonyl (C=O) groups excluding carboxylic acids is 1. The van der Waals surface area contributed by atoms with E-state index in [1.54, 1.807) is 46.9 Å². The van der Waals surface area contributed by atoms with E-state index in [2.05, 4.69) is 0 Å². The first-order valence-corrected chi connectivity index (χ1v) is 14.4. The summed E-state index contributed by atoms with van der Waals surface area (Å²) in [6, 6.07) is 17.8. The number of aromatic nitrogens is 1. The number of carboxylic acid groups (broad SMARTS) is 1. The van der Waals surface area contributed by atoms with E-state index in [0.29, 0.717) is 50.8 Å². The number of ether oxygens (including phenoxy) is 2. The Bertz CT molecular complexity index is 1900. The predicted molar refractivity (Wildman–Crippen MR) is 162 cm³/mol. The van der Waals surface area contributed by atoms with Gasteiger partial charge in [0.25, 0.3) is 11.5 Å². The van der Waals surface area contributed by atoms with Gasteiger partial charge in [-0.3, -0.25) is 14.2 Å². The summed E-state index contributed by atoms with van der Waals surface area (Å²) in [5.74, 6) is -0.321. The smallest absolute Gasteiger partial charge is 0.341 e. The number of amides is 1. The van der Waals surface area contributed by atoms with Gasteiger partial charge in [-0.2, -0.15) is 0 Å². The summed E-state index contributed by atoms with van der Waals surface area (Å²) in [5.41, 5.74) is 2.06. The van der Waals surface area contributed by atoms with Gasteiger partial charge in [0.1, 0.15) is 17.5 Å². The molecule has 2 heterocycles. The molecule has 42 heavy (non-hydrogen) atoms. The maximum Gasteiger partial charge on any atom is 0.341 e. The molecule has 0 saturated carbocycles. The SMILES string of the molecule is CCN(CC)C(=O)C1=C(C)N=c2s/c(=C/c3cccc(OCC(=O)O)c3)c(=O)n2[C@@H]1c1c(OC)ccc2ccccc12. The average Bonchev–Trinajstić information content (AvgIpc) is 3.29. The van der Waals surface area contributed by atoms with Crippen molar-refractivity contribution in [1.29, 1.82) is 0 Å². The number of carbonyl (C=O) groups is 2. The van der Waals surface area contributed by atoms with Crippen LogP contribution in [0.4, 0.5) is 0 Å². The van der Waals surface area contributed by atoms with E-state index < -0.39 is 18.6 Å². The molecule has 1 N–H and O–H groups in total. The van der Waals surface area contributed by atoms with Crippen LogP contribution in [0, 0.1) is 0 Å². The van der Waals surface area contributed by atoms with Gasteiger partial charge in [-0.15, -0.1) is 0 Å². The fourth-order valence-electron chi connectivity index (χ4n) is 5.28. The minimum atomic E-state index is -1.08. The number of carboxylic acids is 1. The van der Waals surface area contributed by atoms with Crippen molar-refractivity contribution in [2.75, 3.05) is 26.8 Å². The van der Waals surface area contributed by atoms with Crippen LogP contribution in [0.5, 0.6) is 11.5 Å². The number of fused-ring (bicyclic) bond motifs is 2. The van der Waals surface area contributed by atoms with E-state index in [1.165, 1.54) is 11.3 Å². The van der Waals surface area contributed by atoms with Gasteiger partial charge in [0, 0.05) is 18.7 Å². The third-order valence-corrected chi connectivity index (χ3v) is 8.23. The molecule has 0 unspecified atom stereocenters. The lowest BCUT2D eigenvalue weighted by Gasteiger charge is -2.30. The number of rotatable bonds is 9. The first-order chi connectivity index (χ1) is 20.3. The molecule has 1 amide bonds. The fourth-order valence-corrected chi connectivity index (χ4v) is 6.32. The highest BCUT2D eigenvalue weighted by molar-refractivity contribution is 7.07. The molecule has 1 aliphatic rings. The summed E-state index contributed by atoms with van der Waals surface area (Å²) in [4.78, 5) is 46.2. The van der Waals surface area contributed by atoms with Crippen molar-refractivity contribution in [3.63, 3.8) is 0 Å². The Kier molecular flexibility index (Phi) is 8.26. The molecule has 9 nitrogen and oxygen atoms in total. The summed E-state index contributed by atoms with van der Waals surface area (Å²) >= 11 is 1.23. The van der Waals surface area contributed by atoms with Crippen LogP contribution in [0.2, 0.25) is 0 Å². The number of likely N-dealkylation sites (N-methyl/N-ethyl adjacent to an activating group) is 1. The highest BCUT2D eigenvalue weighted by Crippen LogP contribution is 2.40. The molecule has 1 atom stereocenters. The van der Waals surface area contributed by atoms with E-state index in [9.17, 15) is 14.4 Å². The van der Waals surface area contributed by atoms with Gasteiger partial charge in [-0.1, -0.05) is 53.8 Å². The van der Waals surface area contributed by atoms with Gasteiger partial charge in [0.15, 0.2) is 11.4 Å². The molecular weight excluding hydrogens is 554 g/mol. The fraction of sp³-hybridized carbons (Fsp3) is 0.250. The van der Waals surface area contributed by atoms with Crippen LogP contribution in [0.3, 0.4) is 0 Å². The topological polar surface area (TPSA) is 110 Å². The standard InChI is InChI=1S/C32H31N3O6S/c1-5-34(6-2)31(39)27-19(3)33-32-35(29(27)28-23-13-8-7-11-21(23)14-15-24(28)40-4)30(38)25(42-32)17-20-10-9-12-22(16-20)41-18-26(36)37/h7-17,29H,5-6,18H2,1-4H3,(H,36,37)/b25-17+/t29-/m0/s1. The van der Waals surface area contributed by atoms with E-state index in [1.807, 2.05) is 57.2 Å². The van der Waals surface area contributed by atoms with Crippen LogP contribution in [0.1, 0.15) is 37.9 Å². The summed E-state index contributed by atoms with van der Waals surface area (Å²) in [6.45, 7) is 6.21. The van der Waals surface area contributed by atoms with Crippen LogP contribution in [-0.2, 0) is 9.59 Å². The van der Waals surface area contributed by atoms with Crippen molar-refractivity contribution >= 4 is 40.1 Å². The molecule has 0 aliphatic carbocycles. The van der Waals surface area contributed by atoms with Gasteiger partial charge < -0.3 is 19.5 Å². The maximum absolute atomic E-state index is 14.2. The van der Waals surface area contributed by atoms with Crippen LogP contribution >= 0.6 is 11.3 Å². The Morgan fingerprint density at radius 3 is 2.57 bits per heavy atom. The molecule has 0 spiro atoms. The van der Waals surface area contributed by atoms with Crippen molar-refractivity contribution in [1.82, 2.24) is 9.47 Å². The molecule has 10 heteroatoms. The van der Waals surface area contributed by atoms with E-state index in [0.717, 1.165) is 16.3 Å². The number of hydrogen-bond acceptors (Lipinski definition) is 7. The lowest BCUT2D eigenvalue weighted by Crippen LogP contribution is -2.43. The minimum Gasteiger partial charge on any atom is -0.496 e. The van der Waals surface area contributed by atoms with Gasteiger partial charge in [0.05, 0.1) is 22.9 Å². The van der Waals surface area contributed by atoms with Crippen LogP contribution < -0.4 is 24.4 Å². The van der Waals surface area contributed by atoms with Crippen LogP contribution in [0.25, 0.3) is 16.8 Å². The summed E-state index contributed by atoms with van der Waals surface area (Å²) in [7, 11) is 1.58. The quantitative estimate of drug-likeness (QED) is 0.321. The molecule has 1 aromatic heterocycles. The number of benzene rings is 3. The molecule has 0 radical (unpaired) electrons. The minimum absolute atomic E-state index is 0.182. The summed E-state index contributed by atoms with van der Waals surface area (Å²) in [6.07, 6.45) is 1.72. The Morgan fingerprint density at radius 2 is 1.86 bits per heavy atom. The van der Waals surface area contributed by atoms with E-state index >= 15 is 0 Å². The number of thiazole rings is 1. The van der Waals surface area contributed by atoms with E-state index in [-0.39, 0.29) is 11.5 Å². The van der Waals surface area contributed by atoms with Gasteiger partial charge >= 0.3 is 5.97 Å². The largest absolute Gasteiger partial charge is 0.496 e. The summed E-state index contributed by atoms with van der Waals surface area (Å²) in [5, 5.41) is 10.8. The lowest BCUT2D eigenvalue weighted by molar-refractivity contribution is -0.139. The molecule has 216 valence electrons. The number of methoxy groups -OCH3 is 1. The highest BCUT2D eigenvalue weighted by atomic mass is 32.1. The van der Waals surface area contributed by atoms with Crippen molar-refractivity contribution in [3.8, 4) is 11.5 Å². The molecule has 0 bridgehead atoms. The number of allylic oxidation sites excluding steroid dienone is 1. The maximum atomic E-state index is 14.2. The van der Waals surface area contributed by atoms with Gasteiger partial charge in [-0.25, -0.2) is 9.79 Å². The van der Waals surface area contributed by atoms with Gasteiger partial charge in [0.2, 0.25) is 0 Å². The zero-order valence-electron chi connectivity index (χ0n) is 23.8. The second kappa shape index (κ2) is 12.0. The zero-order chi connectivity index (χ0) is 30.0. The van der Waals surface area contributed by atoms with Crippen LogP contribution in [-0.4, -0.2) is 53.3 Å². The first kappa shape index (κ1) is 28.8. The second-order valence-electron chi connectivity index (χ2n) is 9.72. The number of hydrogen-bond donors (Lipinski definition) is 1.